The van der Waals surface area contributed by atoms with Crippen LogP contribution in [0.5, 0.6) is 0 Å². The monoisotopic (exact) mass is 288 g/mol. The van der Waals surface area contributed by atoms with Crippen LogP contribution in [0.1, 0.15) is 11.8 Å². The van der Waals surface area contributed by atoms with Crippen LogP contribution in [0.25, 0.3) is 0 Å². The third kappa shape index (κ3) is 3.88. The first-order valence-corrected chi connectivity index (χ1v) is 4.66. The average molecular weight is 289 g/mol. The molecule has 0 saturated heterocycles. The molecule has 7 heteroatoms. The van der Waals surface area contributed by atoms with Crippen LogP contribution in [0.4, 0.5) is 0 Å². The second-order valence-electron chi connectivity index (χ2n) is 2.30. The zero-order chi connectivity index (χ0) is 10.1. The summed E-state index contributed by atoms with van der Waals surface area (Å²) in [4.78, 5) is 10.0. The number of hydrogen-bond acceptors (Lipinski definition) is 3. The largest absolute Gasteiger partial charge is 1.00 e. The van der Waals surface area contributed by atoms with Crippen LogP contribution < -0.4 is 58.2 Å². The zero-order valence-corrected chi connectivity index (χ0v) is 13.1. The van der Waals surface area contributed by atoms with Crippen molar-refractivity contribution < 1.29 is 82.5 Å². The van der Waals surface area contributed by atoms with Gasteiger partial charge in [-0.25, -0.2) is 4.79 Å². The Morgan fingerprint density at radius 1 is 1.21 bits per heavy atom. The minimum Gasteiger partial charge on any atom is -1.00 e. The molecule has 0 amide bonds. The van der Waals surface area contributed by atoms with Gasteiger partial charge in [0.1, 0.15) is 0 Å². The van der Waals surface area contributed by atoms with E-state index in [1.807, 2.05) is 0 Å². The van der Waals surface area contributed by atoms with E-state index in [9.17, 15) is 13.2 Å². The fourth-order valence-electron chi connectivity index (χ4n) is 0.769. The molecule has 0 atom stereocenters. The molecule has 1 aromatic rings. The summed E-state index contributed by atoms with van der Waals surface area (Å²) in [5.74, 6) is -1.15. The van der Waals surface area contributed by atoms with E-state index in [1.54, 1.807) is 0 Å². The van der Waals surface area contributed by atoms with Crippen molar-refractivity contribution >= 4 is 16.1 Å². The maximum Gasteiger partial charge on any atom is 1.00 e. The molecule has 0 unspecified atom stereocenters. The zero-order valence-electron chi connectivity index (χ0n) is 8.34. The van der Waals surface area contributed by atoms with Gasteiger partial charge in [0.15, 0.2) is 0 Å². The second-order valence-corrected chi connectivity index (χ2v) is 3.73. The van der Waals surface area contributed by atoms with Gasteiger partial charge in [-0.15, -0.1) is 0 Å². The van der Waals surface area contributed by atoms with Crippen LogP contribution in [0, 0.1) is 0 Å². The van der Waals surface area contributed by atoms with Crippen molar-refractivity contribution in [1.82, 2.24) is 0 Å². The molecule has 72 valence electrons. The normalized spacial score (nSPS) is 10.4. The summed E-state index contributed by atoms with van der Waals surface area (Å²) in [6.07, 6.45) is 0. The Balaban J connectivity index is 0. The molecule has 2 N–H and O–H groups in total. The van der Waals surface area contributed by atoms with Gasteiger partial charge in [0, 0.05) is 0 Å². The number of hydrogen-bond donors (Lipinski definition) is 2. The van der Waals surface area contributed by atoms with Crippen LogP contribution in [0.3, 0.4) is 0 Å². The summed E-state index contributed by atoms with van der Waals surface area (Å²) in [5, 5.41) is 8.47. The summed E-state index contributed by atoms with van der Waals surface area (Å²) >= 11 is 0. The second kappa shape index (κ2) is 5.48. The first-order chi connectivity index (χ1) is 5.91. The molecule has 0 fully saturated rings. The van der Waals surface area contributed by atoms with Gasteiger partial charge >= 0.3 is 64.2 Å². The van der Waals surface area contributed by atoms with Crippen molar-refractivity contribution in [3.8, 4) is 0 Å². The van der Waals surface area contributed by atoms with Crippen LogP contribution >= 0.6 is 0 Å². The Hall–Kier alpha value is 0.405. The number of aromatic carboxylic acids is 1. The molecule has 14 heavy (non-hydrogen) atoms. The average Bonchev–Trinajstić information content (AvgIpc) is 2.03. The van der Waals surface area contributed by atoms with Gasteiger partial charge in [0.2, 0.25) is 0 Å². The number of carboxylic acid groups (broad SMARTS) is 1. The fourth-order valence-corrected chi connectivity index (χ4v) is 1.25. The van der Waals surface area contributed by atoms with Crippen LogP contribution in [0.15, 0.2) is 29.2 Å². The number of carbonyl (C=O) groups is 1. The molecule has 0 heterocycles. The standard InChI is InChI=1S/C7H6O5S.Rb.H/c8-7(9)5-1-3-6(4-2-5)13(10,11)12;;/h1-4H,(H,8,9)(H,10,11,12);;/q;+1;-1. The summed E-state index contributed by atoms with van der Waals surface area (Å²) in [7, 11) is -4.24. The van der Waals surface area contributed by atoms with Crippen molar-refractivity contribution in [1.29, 1.82) is 0 Å². The van der Waals surface area contributed by atoms with Crippen molar-refractivity contribution in [2.75, 3.05) is 0 Å². The Kier molecular flexibility index (Phi) is 5.64. The molecule has 0 aromatic heterocycles. The minimum absolute atomic E-state index is 0. The molecule has 5 nitrogen and oxygen atoms in total. The molecule has 0 bridgehead atoms. The molecule has 1 aromatic carbocycles. The summed E-state index contributed by atoms with van der Waals surface area (Å²) in [5.41, 5.74) is -0.0348. The number of carboxylic acids is 1. The summed E-state index contributed by atoms with van der Waals surface area (Å²) in [6.45, 7) is 0. The van der Waals surface area contributed by atoms with E-state index >= 15 is 0 Å². The van der Waals surface area contributed by atoms with E-state index < -0.39 is 16.1 Å². The fraction of sp³-hybridized carbons (Fsp3) is 0. The Morgan fingerprint density at radius 2 is 1.64 bits per heavy atom. The first-order valence-electron chi connectivity index (χ1n) is 3.22. The van der Waals surface area contributed by atoms with Gasteiger partial charge in [-0.3, -0.25) is 4.55 Å². The van der Waals surface area contributed by atoms with Crippen molar-refractivity contribution in [2.24, 2.45) is 0 Å². The van der Waals surface area contributed by atoms with E-state index in [-0.39, 0.29) is 70.1 Å². The smallest absolute Gasteiger partial charge is 1.00 e. The van der Waals surface area contributed by atoms with E-state index in [2.05, 4.69) is 0 Å². The molecule has 0 saturated carbocycles. The van der Waals surface area contributed by atoms with E-state index in [0.29, 0.717) is 0 Å². The first kappa shape index (κ1) is 14.4. The summed E-state index contributed by atoms with van der Waals surface area (Å²) < 4.78 is 29.6. The molecule has 0 radical (unpaired) electrons. The van der Waals surface area contributed by atoms with E-state index in [0.717, 1.165) is 24.3 Å². The molecule has 0 aliphatic carbocycles. The Morgan fingerprint density at radius 3 is 1.93 bits per heavy atom. The number of benzene rings is 1. The van der Waals surface area contributed by atoms with Gasteiger partial charge in [-0.2, -0.15) is 8.42 Å². The maximum atomic E-state index is 10.5. The van der Waals surface area contributed by atoms with Crippen LogP contribution in [-0.2, 0) is 10.1 Å². The van der Waals surface area contributed by atoms with Crippen LogP contribution in [0.2, 0.25) is 0 Å². The Labute approximate surface area is 131 Å². The third-order valence-electron chi connectivity index (χ3n) is 1.40. The third-order valence-corrected chi connectivity index (χ3v) is 2.27. The van der Waals surface area contributed by atoms with Crippen molar-refractivity contribution in [3.63, 3.8) is 0 Å². The van der Waals surface area contributed by atoms with Gasteiger partial charge in [0.05, 0.1) is 10.5 Å². The minimum atomic E-state index is -4.24. The summed E-state index contributed by atoms with van der Waals surface area (Å²) in [6, 6.07) is 4.26. The predicted octanol–water partition coefficient (Wildman–Crippen LogP) is -2.25. The predicted molar refractivity (Wildman–Crippen MR) is 44.3 cm³/mol. The quantitative estimate of drug-likeness (QED) is 0.600. The Bertz CT molecular complexity index is 427. The van der Waals surface area contributed by atoms with Crippen LogP contribution in [-0.4, -0.2) is 24.0 Å². The van der Waals surface area contributed by atoms with Gasteiger partial charge in [0.25, 0.3) is 10.1 Å². The molecule has 0 spiro atoms. The van der Waals surface area contributed by atoms with E-state index in [1.165, 1.54) is 0 Å². The molecule has 0 aliphatic rings. The maximum absolute atomic E-state index is 10.5. The van der Waals surface area contributed by atoms with Crippen molar-refractivity contribution in [3.05, 3.63) is 29.8 Å². The van der Waals surface area contributed by atoms with Crippen molar-refractivity contribution in [2.45, 2.75) is 4.90 Å². The van der Waals surface area contributed by atoms with Gasteiger partial charge in [-0.1, -0.05) is 0 Å². The molecular weight excluding hydrogens is 282 g/mol. The number of rotatable bonds is 2. The SMILES string of the molecule is O=C(O)c1ccc(S(=O)(=O)O)cc1.[H-].[Rb+]. The van der Waals surface area contributed by atoms with Gasteiger partial charge in [-0.05, 0) is 24.3 Å². The topological polar surface area (TPSA) is 91.7 Å². The van der Waals surface area contributed by atoms with Gasteiger partial charge < -0.3 is 6.53 Å². The molecule has 0 aliphatic heterocycles. The molecule has 1 rings (SSSR count). The van der Waals surface area contributed by atoms with E-state index in [4.69, 9.17) is 9.66 Å². The molecular formula is C7H7O5RbS.